The first-order valence-corrected chi connectivity index (χ1v) is 5.80. The number of thiophene rings is 1. The molecule has 1 aliphatic rings. The Morgan fingerprint density at radius 3 is 3.13 bits per heavy atom. The molecule has 0 atom stereocenters. The monoisotopic (exact) mass is 219 g/mol. The summed E-state index contributed by atoms with van der Waals surface area (Å²) in [5.74, 6) is 0.825. The van der Waals surface area contributed by atoms with Gasteiger partial charge in [-0.1, -0.05) is 11.2 Å². The van der Waals surface area contributed by atoms with E-state index in [-0.39, 0.29) is 5.78 Å². The third-order valence-corrected chi connectivity index (χ3v) is 3.47. The molecule has 0 N–H and O–H groups in total. The molecule has 0 saturated heterocycles. The predicted molar refractivity (Wildman–Crippen MR) is 57.1 cm³/mol. The second-order valence-electron chi connectivity index (χ2n) is 3.59. The Balaban J connectivity index is 2.18. The summed E-state index contributed by atoms with van der Waals surface area (Å²) < 4.78 is 5.27. The normalized spacial score (nSPS) is 15.3. The molecule has 0 fully saturated rings. The van der Waals surface area contributed by atoms with Gasteiger partial charge in [0.1, 0.15) is 0 Å². The second kappa shape index (κ2) is 3.31. The Morgan fingerprint density at radius 1 is 1.40 bits per heavy atom. The van der Waals surface area contributed by atoms with Crippen molar-refractivity contribution in [3.63, 3.8) is 0 Å². The van der Waals surface area contributed by atoms with Gasteiger partial charge in [-0.25, -0.2) is 0 Å². The van der Waals surface area contributed by atoms with Crippen LogP contribution in [-0.2, 0) is 6.42 Å². The zero-order valence-electron chi connectivity index (χ0n) is 8.03. The SMILES string of the molecule is O=C1CCCc2noc(-c3cccs3)c21. The van der Waals surface area contributed by atoms with Gasteiger partial charge in [-0.05, 0) is 24.3 Å². The van der Waals surface area contributed by atoms with Gasteiger partial charge >= 0.3 is 0 Å². The Morgan fingerprint density at radius 2 is 2.33 bits per heavy atom. The van der Waals surface area contributed by atoms with Gasteiger partial charge in [0.05, 0.1) is 16.1 Å². The number of nitrogens with zero attached hydrogens (tertiary/aromatic N) is 1. The van der Waals surface area contributed by atoms with E-state index in [0.29, 0.717) is 17.7 Å². The summed E-state index contributed by atoms with van der Waals surface area (Å²) in [7, 11) is 0. The van der Waals surface area contributed by atoms with Gasteiger partial charge in [0.15, 0.2) is 11.5 Å². The number of rotatable bonds is 1. The molecule has 0 saturated carbocycles. The predicted octanol–water partition coefficient (Wildman–Crippen LogP) is 2.92. The average Bonchev–Trinajstić information content (AvgIpc) is 2.85. The van der Waals surface area contributed by atoms with Crippen molar-refractivity contribution in [3.05, 3.63) is 28.8 Å². The number of carbonyl (C=O) groups excluding carboxylic acids is 1. The first kappa shape index (κ1) is 8.85. The van der Waals surface area contributed by atoms with Crippen molar-refractivity contribution in [2.45, 2.75) is 19.3 Å². The Bertz CT molecular complexity index is 499. The Hall–Kier alpha value is -1.42. The van der Waals surface area contributed by atoms with Crippen molar-refractivity contribution in [2.75, 3.05) is 0 Å². The van der Waals surface area contributed by atoms with Gasteiger partial charge < -0.3 is 4.52 Å². The van der Waals surface area contributed by atoms with Gasteiger partial charge in [-0.3, -0.25) is 4.79 Å². The number of hydrogen-bond acceptors (Lipinski definition) is 4. The smallest absolute Gasteiger partial charge is 0.187 e. The molecule has 0 radical (unpaired) electrons. The molecule has 1 aliphatic carbocycles. The molecular weight excluding hydrogens is 210 g/mol. The number of carbonyl (C=O) groups is 1. The number of ketones is 1. The van der Waals surface area contributed by atoms with Gasteiger partial charge in [-0.2, -0.15) is 0 Å². The van der Waals surface area contributed by atoms with Crippen LogP contribution in [0.15, 0.2) is 22.0 Å². The highest BCUT2D eigenvalue weighted by atomic mass is 32.1. The average molecular weight is 219 g/mol. The molecule has 0 aliphatic heterocycles. The van der Waals surface area contributed by atoms with Crippen LogP contribution in [0.3, 0.4) is 0 Å². The largest absolute Gasteiger partial charge is 0.354 e. The fourth-order valence-electron chi connectivity index (χ4n) is 1.90. The number of fused-ring (bicyclic) bond motifs is 1. The third-order valence-electron chi connectivity index (χ3n) is 2.60. The summed E-state index contributed by atoms with van der Waals surface area (Å²) in [4.78, 5) is 12.8. The fourth-order valence-corrected chi connectivity index (χ4v) is 2.61. The molecule has 2 heterocycles. The highest BCUT2D eigenvalue weighted by Gasteiger charge is 2.27. The summed E-state index contributed by atoms with van der Waals surface area (Å²) in [6.45, 7) is 0. The van der Waals surface area contributed by atoms with Crippen LogP contribution in [0.2, 0.25) is 0 Å². The lowest BCUT2D eigenvalue weighted by Crippen LogP contribution is -2.09. The van der Waals surface area contributed by atoms with Crippen LogP contribution in [0, 0.1) is 0 Å². The maximum atomic E-state index is 11.8. The lowest BCUT2D eigenvalue weighted by Gasteiger charge is -2.07. The van der Waals surface area contributed by atoms with Crippen LogP contribution in [-0.4, -0.2) is 10.9 Å². The zero-order chi connectivity index (χ0) is 10.3. The molecule has 4 heteroatoms. The van der Waals surface area contributed by atoms with Crippen molar-refractivity contribution in [1.29, 1.82) is 0 Å². The minimum atomic E-state index is 0.168. The van der Waals surface area contributed by atoms with Crippen molar-refractivity contribution in [2.24, 2.45) is 0 Å². The van der Waals surface area contributed by atoms with Crippen molar-refractivity contribution >= 4 is 17.1 Å². The second-order valence-corrected chi connectivity index (χ2v) is 4.54. The lowest BCUT2D eigenvalue weighted by molar-refractivity contribution is 0.0973. The van der Waals surface area contributed by atoms with Crippen molar-refractivity contribution in [3.8, 4) is 10.6 Å². The van der Waals surface area contributed by atoms with Crippen LogP contribution in [0.4, 0.5) is 0 Å². The van der Waals surface area contributed by atoms with E-state index in [1.807, 2.05) is 17.5 Å². The highest BCUT2D eigenvalue weighted by Crippen LogP contribution is 2.33. The van der Waals surface area contributed by atoms with Gasteiger partial charge in [0.2, 0.25) is 0 Å². The van der Waals surface area contributed by atoms with Crippen LogP contribution in [0.25, 0.3) is 10.6 Å². The molecule has 0 spiro atoms. The highest BCUT2D eigenvalue weighted by molar-refractivity contribution is 7.13. The molecule has 0 aromatic carbocycles. The van der Waals surface area contributed by atoms with Gasteiger partial charge in [0.25, 0.3) is 0 Å². The topological polar surface area (TPSA) is 43.1 Å². The molecule has 0 unspecified atom stereocenters. The van der Waals surface area contributed by atoms with Crippen LogP contribution in [0.5, 0.6) is 0 Å². The maximum absolute atomic E-state index is 11.8. The summed E-state index contributed by atoms with van der Waals surface area (Å²) in [6, 6.07) is 3.90. The molecule has 2 aromatic heterocycles. The maximum Gasteiger partial charge on any atom is 0.187 e. The number of aromatic nitrogens is 1. The molecule has 0 amide bonds. The molecular formula is C11H9NO2S. The van der Waals surface area contributed by atoms with Crippen LogP contribution in [0.1, 0.15) is 28.9 Å². The minimum Gasteiger partial charge on any atom is -0.354 e. The Kier molecular flexibility index (Phi) is 1.95. The van der Waals surface area contributed by atoms with E-state index in [1.165, 1.54) is 0 Å². The van der Waals surface area contributed by atoms with E-state index in [2.05, 4.69) is 5.16 Å². The van der Waals surface area contributed by atoms with E-state index < -0.39 is 0 Å². The fraction of sp³-hybridized carbons (Fsp3) is 0.273. The number of aryl methyl sites for hydroxylation is 1. The molecule has 3 rings (SSSR count). The number of hydrogen-bond donors (Lipinski definition) is 0. The lowest BCUT2D eigenvalue weighted by atomic mass is 9.94. The zero-order valence-corrected chi connectivity index (χ0v) is 8.84. The quantitative estimate of drug-likeness (QED) is 0.740. The van der Waals surface area contributed by atoms with Crippen LogP contribution < -0.4 is 0 Å². The van der Waals surface area contributed by atoms with Gasteiger partial charge in [0, 0.05) is 6.42 Å². The molecule has 3 nitrogen and oxygen atoms in total. The van der Waals surface area contributed by atoms with E-state index in [1.54, 1.807) is 11.3 Å². The summed E-state index contributed by atoms with van der Waals surface area (Å²) >= 11 is 1.57. The van der Waals surface area contributed by atoms with E-state index in [9.17, 15) is 4.79 Å². The molecule has 2 aromatic rings. The molecule has 76 valence electrons. The standard InChI is InChI=1S/C11H9NO2S/c13-8-4-1-3-7-10(8)11(14-12-7)9-5-2-6-15-9/h2,5-6H,1,3-4H2. The summed E-state index contributed by atoms with van der Waals surface area (Å²) in [6.07, 6.45) is 2.37. The van der Waals surface area contributed by atoms with E-state index >= 15 is 0 Å². The first-order valence-electron chi connectivity index (χ1n) is 4.92. The van der Waals surface area contributed by atoms with Crippen molar-refractivity contribution < 1.29 is 9.32 Å². The number of Topliss-reactive ketones (excluding diaryl/α,β-unsaturated/α-hetero) is 1. The summed E-state index contributed by atoms with van der Waals surface area (Å²) in [5.41, 5.74) is 1.54. The van der Waals surface area contributed by atoms with Gasteiger partial charge in [-0.15, -0.1) is 11.3 Å². The summed E-state index contributed by atoms with van der Waals surface area (Å²) in [5, 5.41) is 5.94. The molecule has 0 bridgehead atoms. The minimum absolute atomic E-state index is 0.168. The molecule has 15 heavy (non-hydrogen) atoms. The Labute approximate surface area is 90.7 Å². The van der Waals surface area contributed by atoms with Crippen LogP contribution >= 0.6 is 11.3 Å². The third kappa shape index (κ3) is 1.33. The van der Waals surface area contributed by atoms with E-state index in [0.717, 1.165) is 23.4 Å². The van der Waals surface area contributed by atoms with Crippen molar-refractivity contribution in [1.82, 2.24) is 5.16 Å². The van der Waals surface area contributed by atoms with E-state index in [4.69, 9.17) is 4.52 Å². The first-order chi connectivity index (χ1) is 7.36.